The molecular formula is C12H24N6. The number of anilines is 3. The van der Waals surface area contributed by atoms with Crippen LogP contribution >= 0.6 is 0 Å². The third-order valence-corrected chi connectivity index (χ3v) is 2.95. The van der Waals surface area contributed by atoms with Gasteiger partial charge in [0.25, 0.3) is 0 Å². The van der Waals surface area contributed by atoms with Crippen molar-refractivity contribution < 1.29 is 0 Å². The van der Waals surface area contributed by atoms with E-state index in [1.54, 1.807) is 7.05 Å². The van der Waals surface area contributed by atoms with Crippen molar-refractivity contribution in [3.63, 3.8) is 0 Å². The first kappa shape index (κ1) is 14.5. The van der Waals surface area contributed by atoms with Gasteiger partial charge in [-0.15, -0.1) is 0 Å². The highest BCUT2D eigenvalue weighted by Gasteiger charge is 2.08. The summed E-state index contributed by atoms with van der Waals surface area (Å²) >= 11 is 0. The molecule has 0 saturated carbocycles. The number of rotatable bonds is 7. The molecule has 0 aromatic carbocycles. The van der Waals surface area contributed by atoms with Crippen LogP contribution in [-0.2, 0) is 0 Å². The summed E-state index contributed by atoms with van der Waals surface area (Å²) < 4.78 is 0. The lowest BCUT2D eigenvalue weighted by atomic mass is 10.0. The highest BCUT2D eigenvalue weighted by atomic mass is 15.3. The Hall–Kier alpha value is -1.59. The maximum absolute atomic E-state index is 4.37. The van der Waals surface area contributed by atoms with Crippen LogP contribution in [0, 0.1) is 5.92 Å². The molecule has 0 aliphatic heterocycles. The predicted molar refractivity (Wildman–Crippen MR) is 76.3 cm³/mol. The standard InChI is InChI=1S/C12H24N6/c1-6-9(7-2)8-14-11-15-10(13-3)16-12(17-11)18(4)5/h9H,6-8H2,1-5H3,(H2,13,14,15,16,17). The highest BCUT2D eigenvalue weighted by Crippen LogP contribution is 2.13. The Bertz CT molecular complexity index is 362. The van der Waals surface area contributed by atoms with Crippen LogP contribution in [0.25, 0.3) is 0 Å². The zero-order valence-corrected chi connectivity index (χ0v) is 12.0. The Balaban J connectivity index is 2.78. The van der Waals surface area contributed by atoms with Gasteiger partial charge in [0.05, 0.1) is 0 Å². The maximum Gasteiger partial charge on any atom is 0.231 e. The summed E-state index contributed by atoms with van der Waals surface area (Å²) in [6, 6.07) is 0. The van der Waals surface area contributed by atoms with Crippen LogP contribution in [0.5, 0.6) is 0 Å². The van der Waals surface area contributed by atoms with Crippen molar-refractivity contribution in [2.24, 2.45) is 5.92 Å². The average molecular weight is 252 g/mol. The summed E-state index contributed by atoms with van der Waals surface area (Å²) in [6.07, 6.45) is 2.32. The summed E-state index contributed by atoms with van der Waals surface area (Å²) in [5.41, 5.74) is 0. The van der Waals surface area contributed by atoms with Gasteiger partial charge in [-0.1, -0.05) is 26.7 Å². The van der Waals surface area contributed by atoms with Crippen molar-refractivity contribution in [3.05, 3.63) is 0 Å². The summed E-state index contributed by atoms with van der Waals surface area (Å²) in [5, 5.41) is 6.24. The van der Waals surface area contributed by atoms with E-state index in [2.05, 4.69) is 39.4 Å². The molecule has 1 aromatic heterocycles. The average Bonchev–Trinajstić information content (AvgIpc) is 2.39. The monoisotopic (exact) mass is 252 g/mol. The molecule has 0 saturated heterocycles. The zero-order chi connectivity index (χ0) is 13.5. The number of hydrogen-bond acceptors (Lipinski definition) is 6. The van der Waals surface area contributed by atoms with Gasteiger partial charge in [0, 0.05) is 27.7 Å². The summed E-state index contributed by atoms with van der Waals surface area (Å²) in [4.78, 5) is 14.8. The normalized spacial score (nSPS) is 10.6. The topological polar surface area (TPSA) is 66.0 Å². The van der Waals surface area contributed by atoms with Gasteiger partial charge in [-0.3, -0.25) is 0 Å². The van der Waals surface area contributed by atoms with E-state index in [1.165, 1.54) is 0 Å². The Labute approximate surface area is 109 Å². The van der Waals surface area contributed by atoms with Crippen molar-refractivity contribution in [1.82, 2.24) is 15.0 Å². The molecule has 0 unspecified atom stereocenters. The van der Waals surface area contributed by atoms with Crippen molar-refractivity contribution in [1.29, 1.82) is 0 Å². The quantitative estimate of drug-likeness (QED) is 0.772. The Kier molecular flexibility index (Phi) is 5.61. The highest BCUT2D eigenvalue weighted by molar-refractivity contribution is 5.42. The van der Waals surface area contributed by atoms with Crippen LogP contribution in [-0.4, -0.2) is 42.6 Å². The molecule has 6 heteroatoms. The molecule has 1 heterocycles. The van der Waals surface area contributed by atoms with E-state index in [0.29, 0.717) is 23.8 Å². The number of hydrogen-bond donors (Lipinski definition) is 2. The minimum absolute atomic E-state index is 0.584. The second-order valence-electron chi connectivity index (χ2n) is 4.49. The van der Waals surface area contributed by atoms with E-state index >= 15 is 0 Å². The minimum Gasteiger partial charge on any atom is -0.357 e. The van der Waals surface area contributed by atoms with Crippen LogP contribution in [0.15, 0.2) is 0 Å². The largest absolute Gasteiger partial charge is 0.357 e. The Morgan fingerprint density at radius 2 is 1.67 bits per heavy atom. The van der Waals surface area contributed by atoms with Gasteiger partial charge in [-0.05, 0) is 5.92 Å². The Morgan fingerprint density at radius 3 is 2.17 bits per heavy atom. The molecule has 6 nitrogen and oxygen atoms in total. The predicted octanol–water partition coefficient (Wildman–Crippen LogP) is 1.83. The zero-order valence-electron chi connectivity index (χ0n) is 12.0. The maximum atomic E-state index is 4.37. The fraction of sp³-hybridized carbons (Fsp3) is 0.750. The third-order valence-electron chi connectivity index (χ3n) is 2.95. The van der Waals surface area contributed by atoms with Crippen LogP contribution in [0.1, 0.15) is 26.7 Å². The van der Waals surface area contributed by atoms with Crippen molar-refractivity contribution >= 4 is 17.8 Å². The molecule has 0 radical (unpaired) electrons. The van der Waals surface area contributed by atoms with E-state index in [1.807, 2.05) is 19.0 Å². The van der Waals surface area contributed by atoms with Gasteiger partial charge in [0.15, 0.2) is 0 Å². The van der Waals surface area contributed by atoms with Crippen LogP contribution in [0.2, 0.25) is 0 Å². The van der Waals surface area contributed by atoms with E-state index in [9.17, 15) is 0 Å². The van der Waals surface area contributed by atoms with Gasteiger partial charge >= 0.3 is 0 Å². The first-order valence-electron chi connectivity index (χ1n) is 6.45. The first-order chi connectivity index (χ1) is 8.60. The lowest BCUT2D eigenvalue weighted by Crippen LogP contribution is -2.19. The molecule has 1 aromatic rings. The van der Waals surface area contributed by atoms with Gasteiger partial charge in [-0.25, -0.2) is 0 Å². The molecule has 1 rings (SSSR count). The summed E-state index contributed by atoms with van der Waals surface area (Å²) in [5.74, 6) is 2.52. The second-order valence-corrected chi connectivity index (χ2v) is 4.49. The van der Waals surface area contributed by atoms with Crippen molar-refractivity contribution in [2.45, 2.75) is 26.7 Å². The first-order valence-corrected chi connectivity index (χ1v) is 6.45. The van der Waals surface area contributed by atoms with E-state index in [-0.39, 0.29) is 0 Å². The van der Waals surface area contributed by atoms with Crippen molar-refractivity contribution in [2.75, 3.05) is 43.2 Å². The number of nitrogens with zero attached hydrogens (tertiary/aromatic N) is 4. The molecule has 2 N–H and O–H groups in total. The van der Waals surface area contributed by atoms with Gasteiger partial charge < -0.3 is 15.5 Å². The lowest BCUT2D eigenvalue weighted by Gasteiger charge is -2.16. The molecule has 0 spiro atoms. The van der Waals surface area contributed by atoms with Crippen LogP contribution < -0.4 is 15.5 Å². The van der Waals surface area contributed by atoms with E-state index < -0.39 is 0 Å². The molecule has 18 heavy (non-hydrogen) atoms. The third kappa shape index (κ3) is 4.01. The molecule has 0 amide bonds. The molecule has 0 bridgehead atoms. The fourth-order valence-electron chi connectivity index (χ4n) is 1.57. The summed E-state index contributed by atoms with van der Waals surface area (Å²) in [7, 11) is 5.64. The molecule has 0 fully saturated rings. The molecule has 0 atom stereocenters. The summed E-state index contributed by atoms with van der Waals surface area (Å²) in [6.45, 7) is 5.30. The second kappa shape index (κ2) is 6.98. The minimum atomic E-state index is 0.584. The van der Waals surface area contributed by atoms with Gasteiger partial charge in [0.2, 0.25) is 17.8 Å². The number of aromatic nitrogens is 3. The lowest BCUT2D eigenvalue weighted by molar-refractivity contribution is 0.517. The number of nitrogens with one attached hydrogen (secondary N) is 2. The van der Waals surface area contributed by atoms with Gasteiger partial charge in [0.1, 0.15) is 0 Å². The van der Waals surface area contributed by atoms with Crippen LogP contribution in [0.3, 0.4) is 0 Å². The van der Waals surface area contributed by atoms with Crippen LogP contribution in [0.4, 0.5) is 17.8 Å². The molecular weight excluding hydrogens is 228 g/mol. The van der Waals surface area contributed by atoms with E-state index in [0.717, 1.165) is 19.4 Å². The SMILES string of the molecule is CCC(CC)CNc1nc(NC)nc(N(C)C)n1. The molecule has 0 aliphatic carbocycles. The van der Waals surface area contributed by atoms with Crippen molar-refractivity contribution in [3.8, 4) is 0 Å². The fourth-order valence-corrected chi connectivity index (χ4v) is 1.57. The van der Waals surface area contributed by atoms with E-state index in [4.69, 9.17) is 0 Å². The molecule has 0 aliphatic rings. The van der Waals surface area contributed by atoms with Gasteiger partial charge in [-0.2, -0.15) is 15.0 Å². The smallest absolute Gasteiger partial charge is 0.231 e. The molecule has 102 valence electrons. The Morgan fingerprint density at radius 1 is 1.06 bits per heavy atom.